The first-order chi connectivity index (χ1) is 5.52. The van der Waals surface area contributed by atoms with Crippen molar-refractivity contribution in [2.45, 2.75) is 26.8 Å². The van der Waals surface area contributed by atoms with Gasteiger partial charge in [-0.15, -0.1) is 0 Å². The maximum atomic E-state index is 10.6. The highest BCUT2D eigenvalue weighted by Gasteiger charge is 2.12. The van der Waals surface area contributed by atoms with Gasteiger partial charge in [-0.1, -0.05) is 0 Å². The van der Waals surface area contributed by atoms with Crippen molar-refractivity contribution in [3.8, 4) is 0 Å². The molecule has 0 amide bonds. The number of carboxylic acids is 1. The maximum Gasteiger partial charge on any atom is 0.356 e. The van der Waals surface area contributed by atoms with Crippen LogP contribution in [0.1, 0.15) is 35.9 Å². The van der Waals surface area contributed by atoms with E-state index in [2.05, 4.69) is 5.10 Å². The minimum absolute atomic E-state index is 0.142. The van der Waals surface area contributed by atoms with Crippen LogP contribution in [0, 0.1) is 6.92 Å². The molecule has 0 aliphatic rings. The molecule has 0 aromatic carbocycles. The Bertz CT molecular complexity index is 302. The molecule has 1 rings (SSSR count). The van der Waals surface area contributed by atoms with E-state index in [-0.39, 0.29) is 11.7 Å². The number of nitrogens with zero attached hydrogens (tertiary/aromatic N) is 2. The lowest BCUT2D eigenvalue weighted by Gasteiger charge is -2.02. The van der Waals surface area contributed by atoms with E-state index in [4.69, 9.17) is 5.11 Å². The molecule has 12 heavy (non-hydrogen) atoms. The summed E-state index contributed by atoms with van der Waals surface area (Å²) in [4.78, 5) is 10.6. The van der Waals surface area contributed by atoms with E-state index in [1.165, 1.54) is 0 Å². The molecule has 0 atom stereocenters. The molecular formula is C8H12N2O2. The second-order valence-corrected chi connectivity index (χ2v) is 3.04. The summed E-state index contributed by atoms with van der Waals surface area (Å²) in [6, 6.07) is 0.205. The minimum atomic E-state index is -0.966. The highest BCUT2D eigenvalue weighted by atomic mass is 16.4. The van der Waals surface area contributed by atoms with Crippen LogP contribution < -0.4 is 0 Å². The molecular weight excluding hydrogens is 156 g/mol. The van der Waals surface area contributed by atoms with Gasteiger partial charge in [0, 0.05) is 17.8 Å². The first kappa shape index (κ1) is 8.77. The summed E-state index contributed by atoms with van der Waals surface area (Å²) in [7, 11) is 0. The van der Waals surface area contributed by atoms with E-state index in [9.17, 15) is 4.79 Å². The number of rotatable bonds is 2. The Labute approximate surface area is 70.8 Å². The first-order valence-corrected chi connectivity index (χ1v) is 3.81. The summed E-state index contributed by atoms with van der Waals surface area (Å²) >= 11 is 0. The van der Waals surface area contributed by atoms with E-state index in [1.54, 1.807) is 17.8 Å². The summed E-state index contributed by atoms with van der Waals surface area (Å²) in [6.07, 6.45) is 1.74. The van der Waals surface area contributed by atoms with Gasteiger partial charge in [-0.3, -0.25) is 4.68 Å². The van der Waals surface area contributed by atoms with E-state index >= 15 is 0 Å². The van der Waals surface area contributed by atoms with E-state index in [0.29, 0.717) is 5.56 Å². The van der Waals surface area contributed by atoms with Gasteiger partial charge in [0.05, 0.1) is 0 Å². The lowest BCUT2D eigenvalue weighted by Crippen LogP contribution is -2.04. The van der Waals surface area contributed by atoms with Crippen molar-refractivity contribution >= 4 is 5.97 Å². The van der Waals surface area contributed by atoms with Gasteiger partial charge in [0.25, 0.3) is 0 Å². The zero-order valence-corrected chi connectivity index (χ0v) is 7.40. The molecule has 0 radical (unpaired) electrons. The topological polar surface area (TPSA) is 55.1 Å². The lowest BCUT2D eigenvalue weighted by molar-refractivity contribution is 0.0688. The predicted molar refractivity (Wildman–Crippen MR) is 44.3 cm³/mol. The molecule has 1 heterocycles. The fourth-order valence-corrected chi connectivity index (χ4v) is 0.959. The van der Waals surface area contributed by atoms with Crippen LogP contribution in [0.15, 0.2) is 6.20 Å². The van der Waals surface area contributed by atoms with Crippen molar-refractivity contribution in [1.29, 1.82) is 0 Å². The molecule has 66 valence electrons. The fraction of sp³-hybridized carbons (Fsp3) is 0.500. The monoisotopic (exact) mass is 168 g/mol. The van der Waals surface area contributed by atoms with Crippen LogP contribution in [0.4, 0.5) is 0 Å². The molecule has 0 unspecified atom stereocenters. The normalized spacial score (nSPS) is 10.7. The van der Waals surface area contributed by atoms with Crippen LogP contribution in [0.5, 0.6) is 0 Å². The highest BCUT2D eigenvalue weighted by Crippen LogP contribution is 2.09. The van der Waals surface area contributed by atoms with Gasteiger partial charge < -0.3 is 5.11 Å². The van der Waals surface area contributed by atoms with Crippen LogP contribution in [0.25, 0.3) is 0 Å². The third-order valence-corrected chi connectivity index (χ3v) is 1.65. The smallest absolute Gasteiger partial charge is 0.356 e. The molecule has 1 aromatic rings. The number of carboxylic acid groups (broad SMARTS) is 1. The largest absolute Gasteiger partial charge is 0.476 e. The summed E-state index contributed by atoms with van der Waals surface area (Å²) in [6.45, 7) is 5.66. The number of aromatic carboxylic acids is 1. The second-order valence-electron chi connectivity index (χ2n) is 3.04. The zero-order valence-electron chi connectivity index (χ0n) is 7.40. The maximum absolute atomic E-state index is 10.6. The van der Waals surface area contributed by atoms with E-state index < -0.39 is 5.97 Å². The molecule has 0 aliphatic heterocycles. The third kappa shape index (κ3) is 1.47. The Morgan fingerprint density at radius 1 is 1.67 bits per heavy atom. The number of hydrogen-bond acceptors (Lipinski definition) is 2. The SMILES string of the molecule is Cc1cn(C(C)C)nc1C(=O)O. The van der Waals surface area contributed by atoms with Crippen LogP contribution in [-0.4, -0.2) is 20.9 Å². The quantitative estimate of drug-likeness (QED) is 0.727. The molecule has 0 saturated carbocycles. The average molecular weight is 168 g/mol. The second kappa shape index (κ2) is 2.97. The van der Waals surface area contributed by atoms with Crippen LogP contribution in [0.3, 0.4) is 0 Å². The van der Waals surface area contributed by atoms with Crippen molar-refractivity contribution in [3.63, 3.8) is 0 Å². The molecule has 1 N–H and O–H groups in total. The fourth-order valence-electron chi connectivity index (χ4n) is 0.959. The molecule has 4 heteroatoms. The number of aromatic nitrogens is 2. The van der Waals surface area contributed by atoms with E-state index in [1.807, 2.05) is 13.8 Å². The van der Waals surface area contributed by atoms with Crippen LogP contribution in [-0.2, 0) is 0 Å². The van der Waals surface area contributed by atoms with Crippen molar-refractivity contribution in [2.24, 2.45) is 0 Å². The van der Waals surface area contributed by atoms with Gasteiger partial charge in [-0.05, 0) is 20.8 Å². The number of hydrogen-bond donors (Lipinski definition) is 1. The Morgan fingerprint density at radius 3 is 2.50 bits per heavy atom. The summed E-state index contributed by atoms with van der Waals surface area (Å²) in [5.41, 5.74) is 0.847. The minimum Gasteiger partial charge on any atom is -0.476 e. The van der Waals surface area contributed by atoms with Gasteiger partial charge >= 0.3 is 5.97 Å². The van der Waals surface area contributed by atoms with Gasteiger partial charge in [0.1, 0.15) is 0 Å². The first-order valence-electron chi connectivity index (χ1n) is 3.81. The molecule has 0 fully saturated rings. The summed E-state index contributed by atoms with van der Waals surface area (Å²) in [5, 5.41) is 12.6. The van der Waals surface area contributed by atoms with Crippen molar-refractivity contribution in [1.82, 2.24) is 9.78 Å². The van der Waals surface area contributed by atoms with Crippen LogP contribution in [0.2, 0.25) is 0 Å². The number of carbonyl (C=O) groups is 1. The molecule has 0 spiro atoms. The molecule has 0 bridgehead atoms. The third-order valence-electron chi connectivity index (χ3n) is 1.65. The predicted octanol–water partition coefficient (Wildman–Crippen LogP) is 1.47. The average Bonchev–Trinajstić information content (AvgIpc) is 2.30. The Balaban J connectivity index is 3.09. The van der Waals surface area contributed by atoms with Gasteiger partial charge in [-0.25, -0.2) is 4.79 Å². The van der Waals surface area contributed by atoms with E-state index in [0.717, 1.165) is 0 Å². The lowest BCUT2D eigenvalue weighted by atomic mass is 10.3. The molecule has 1 aromatic heterocycles. The number of aryl methyl sites for hydroxylation is 1. The molecule has 4 nitrogen and oxygen atoms in total. The van der Waals surface area contributed by atoms with Gasteiger partial charge in [0.15, 0.2) is 5.69 Å². The Kier molecular flexibility index (Phi) is 2.17. The summed E-state index contributed by atoms with van der Waals surface area (Å²) < 4.78 is 1.65. The van der Waals surface area contributed by atoms with Gasteiger partial charge in [-0.2, -0.15) is 5.10 Å². The van der Waals surface area contributed by atoms with Crippen molar-refractivity contribution < 1.29 is 9.90 Å². The van der Waals surface area contributed by atoms with Crippen LogP contribution >= 0.6 is 0 Å². The standard InChI is InChI=1S/C8H12N2O2/c1-5(2)10-4-6(3)7(9-10)8(11)12/h4-5H,1-3H3,(H,11,12). The van der Waals surface area contributed by atoms with Crippen molar-refractivity contribution in [2.75, 3.05) is 0 Å². The highest BCUT2D eigenvalue weighted by molar-refractivity contribution is 5.86. The molecule has 0 saturated heterocycles. The molecule has 0 aliphatic carbocycles. The Morgan fingerprint density at radius 2 is 2.25 bits per heavy atom. The van der Waals surface area contributed by atoms with Gasteiger partial charge in [0.2, 0.25) is 0 Å². The summed E-state index contributed by atoms with van der Waals surface area (Å²) in [5.74, 6) is -0.966. The zero-order chi connectivity index (χ0) is 9.30. The Hall–Kier alpha value is -1.32. The van der Waals surface area contributed by atoms with Crippen molar-refractivity contribution in [3.05, 3.63) is 17.5 Å².